The lowest BCUT2D eigenvalue weighted by Gasteiger charge is -2.12. The van der Waals surface area contributed by atoms with Gasteiger partial charge in [0, 0.05) is 24.5 Å². The normalized spacial score (nSPS) is 11.8. The lowest BCUT2D eigenvalue weighted by Crippen LogP contribution is -2.14. The lowest BCUT2D eigenvalue weighted by molar-refractivity contribution is -0.384. The monoisotopic (exact) mass is 272 g/mol. The van der Waals surface area contributed by atoms with Crippen LogP contribution < -0.4 is 0 Å². The van der Waals surface area contributed by atoms with E-state index in [2.05, 4.69) is 4.98 Å². The highest BCUT2D eigenvalue weighted by Gasteiger charge is 2.21. The number of aromatic nitrogens is 1. The summed E-state index contributed by atoms with van der Waals surface area (Å²) in [5.41, 5.74) is 1.28. The van der Waals surface area contributed by atoms with E-state index in [1.54, 1.807) is 24.5 Å². The fraction of sp³-hybridized carbons (Fsp3) is 0.143. The van der Waals surface area contributed by atoms with Crippen molar-refractivity contribution in [1.82, 2.24) is 4.98 Å². The maximum absolute atomic E-state index is 11.4. The molecule has 1 unspecified atom stereocenters. The first-order chi connectivity index (χ1) is 9.58. The minimum Gasteiger partial charge on any atom is -0.481 e. The number of hydrogen-bond acceptors (Lipinski definition) is 4. The van der Waals surface area contributed by atoms with Crippen molar-refractivity contribution in [2.75, 3.05) is 0 Å². The molecule has 1 aromatic carbocycles. The molecule has 6 nitrogen and oxygen atoms in total. The van der Waals surface area contributed by atoms with E-state index < -0.39 is 16.8 Å². The Morgan fingerprint density at radius 3 is 2.50 bits per heavy atom. The first-order valence-corrected chi connectivity index (χ1v) is 5.94. The molecular formula is C14H12N2O4. The number of carboxylic acid groups (broad SMARTS) is 1. The average Bonchev–Trinajstić information content (AvgIpc) is 2.45. The molecule has 0 radical (unpaired) electrons. The lowest BCUT2D eigenvalue weighted by atomic mass is 9.92. The van der Waals surface area contributed by atoms with Crippen molar-refractivity contribution in [2.24, 2.45) is 0 Å². The Labute approximate surface area is 114 Å². The first kappa shape index (κ1) is 13.7. The zero-order chi connectivity index (χ0) is 14.5. The van der Waals surface area contributed by atoms with E-state index in [1.165, 1.54) is 24.3 Å². The van der Waals surface area contributed by atoms with E-state index in [-0.39, 0.29) is 5.69 Å². The van der Waals surface area contributed by atoms with Crippen LogP contribution >= 0.6 is 0 Å². The Morgan fingerprint density at radius 1 is 1.30 bits per heavy atom. The van der Waals surface area contributed by atoms with Crippen LogP contribution in [0.4, 0.5) is 5.69 Å². The number of rotatable bonds is 5. The predicted molar refractivity (Wildman–Crippen MR) is 71.4 cm³/mol. The molecule has 0 saturated heterocycles. The number of nitrogens with zero attached hydrogens (tertiary/aromatic N) is 2. The molecule has 0 aliphatic carbocycles. The fourth-order valence-electron chi connectivity index (χ4n) is 1.93. The molecule has 0 aliphatic rings. The van der Waals surface area contributed by atoms with Crippen molar-refractivity contribution in [2.45, 2.75) is 12.3 Å². The van der Waals surface area contributed by atoms with Gasteiger partial charge in [-0.3, -0.25) is 19.9 Å². The average molecular weight is 272 g/mol. The molecule has 0 aliphatic heterocycles. The van der Waals surface area contributed by atoms with E-state index in [4.69, 9.17) is 0 Å². The van der Waals surface area contributed by atoms with Crippen molar-refractivity contribution in [3.8, 4) is 0 Å². The maximum Gasteiger partial charge on any atom is 0.311 e. The summed E-state index contributed by atoms with van der Waals surface area (Å²) in [6.45, 7) is 0. The van der Waals surface area contributed by atoms with Gasteiger partial charge >= 0.3 is 5.97 Å². The molecule has 0 spiro atoms. The molecule has 0 fully saturated rings. The molecule has 1 N–H and O–H groups in total. The van der Waals surface area contributed by atoms with Gasteiger partial charge in [-0.05, 0) is 23.6 Å². The SMILES string of the molecule is O=C(O)C(Cc1cccnc1)c1ccc([N+](=O)[O-])cc1. The molecule has 0 amide bonds. The van der Waals surface area contributed by atoms with Crippen LogP contribution in [0.2, 0.25) is 0 Å². The van der Waals surface area contributed by atoms with Gasteiger partial charge in [-0.1, -0.05) is 18.2 Å². The molecule has 1 atom stereocenters. The summed E-state index contributed by atoms with van der Waals surface area (Å²) in [7, 11) is 0. The van der Waals surface area contributed by atoms with Gasteiger partial charge in [0.1, 0.15) is 0 Å². The molecule has 6 heteroatoms. The minimum absolute atomic E-state index is 0.0562. The number of carbonyl (C=O) groups is 1. The summed E-state index contributed by atoms with van der Waals surface area (Å²) in [5, 5.41) is 19.9. The predicted octanol–water partition coefficient (Wildman–Crippen LogP) is 2.40. The van der Waals surface area contributed by atoms with Gasteiger partial charge in [0.05, 0.1) is 10.8 Å². The van der Waals surface area contributed by atoms with Crippen molar-refractivity contribution in [3.63, 3.8) is 0 Å². The van der Waals surface area contributed by atoms with Crippen LogP contribution in [0.3, 0.4) is 0 Å². The van der Waals surface area contributed by atoms with Crippen LogP contribution in [0.25, 0.3) is 0 Å². The number of pyridine rings is 1. The van der Waals surface area contributed by atoms with E-state index in [0.29, 0.717) is 12.0 Å². The van der Waals surface area contributed by atoms with Gasteiger partial charge in [0.15, 0.2) is 0 Å². The molecule has 102 valence electrons. The van der Waals surface area contributed by atoms with E-state index >= 15 is 0 Å². The summed E-state index contributed by atoms with van der Waals surface area (Å²) in [6.07, 6.45) is 3.52. The highest BCUT2D eigenvalue weighted by atomic mass is 16.6. The third-order valence-electron chi connectivity index (χ3n) is 2.97. The number of carboxylic acids is 1. The van der Waals surface area contributed by atoms with Gasteiger partial charge in [-0.15, -0.1) is 0 Å². The van der Waals surface area contributed by atoms with Crippen LogP contribution in [-0.2, 0) is 11.2 Å². The molecule has 0 bridgehead atoms. The molecule has 2 rings (SSSR count). The smallest absolute Gasteiger partial charge is 0.311 e. The fourth-order valence-corrected chi connectivity index (χ4v) is 1.93. The van der Waals surface area contributed by atoms with Crippen LogP contribution in [0.1, 0.15) is 17.0 Å². The highest BCUT2D eigenvalue weighted by Crippen LogP contribution is 2.23. The molecule has 2 aromatic rings. The highest BCUT2D eigenvalue weighted by molar-refractivity contribution is 5.76. The van der Waals surface area contributed by atoms with Crippen molar-refractivity contribution in [3.05, 3.63) is 70.0 Å². The van der Waals surface area contributed by atoms with Crippen LogP contribution in [0.15, 0.2) is 48.8 Å². The summed E-state index contributed by atoms with van der Waals surface area (Å²) in [5.74, 6) is -1.72. The molecule has 0 saturated carbocycles. The number of nitro benzene ring substituents is 1. The van der Waals surface area contributed by atoms with Crippen LogP contribution in [0, 0.1) is 10.1 Å². The summed E-state index contributed by atoms with van der Waals surface area (Å²) in [4.78, 5) is 25.4. The largest absolute Gasteiger partial charge is 0.481 e. The molecule has 20 heavy (non-hydrogen) atoms. The van der Waals surface area contributed by atoms with Crippen LogP contribution in [0.5, 0.6) is 0 Å². The topological polar surface area (TPSA) is 93.3 Å². The number of hydrogen-bond donors (Lipinski definition) is 1. The number of nitro groups is 1. The second-order valence-electron chi connectivity index (χ2n) is 4.30. The Hall–Kier alpha value is -2.76. The van der Waals surface area contributed by atoms with Crippen molar-refractivity contribution < 1.29 is 14.8 Å². The molecular weight excluding hydrogens is 260 g/mol. The van der Waals surface area contributed by atoms with Gasteiger partial charge < -0.3 is 5.11 Å². The maximum atomic E-state index is 11.4. The van der Waals surface area contributed by atoms with Gasteiger partial charge in [-0.2, -0.15) is 0 Å². The minimum atomic E-state index is -0.970. The number of benzene rings is 1. The summed E-state index contributed by atoms with van der Waals surface area (Å²) >= 11 is 0. The quantitative estimate of drug-likeness (QED) is 0.666. The van der Waals surface area contributed by atoms with E-state index in [9.17, 15) is 20.0 Å². The standard InChI is InChI=1S/C14H12N2O4/c17-14(18)13(8-10-2-1-7-15-9-10)11-3-5-12(6-4-11)16(19)20/h1-7,9,13H,8H2,(H,17,18). The second kappa shape index (κ2) is 5.92. The Bertz CT molecular complexity index is 611. The zero-order valence-corrected chi connectivity index (χ0v) is 10.5. The van der Waals surface area contributed by atoms with Gasteiger partial charge in [-0.25, -0.2) is 0 Å². The Balaban J connectivity index is 2.25. The van der Waals surface area contributed by atoms with Crippen molar-refractivity contribution >= 4 is 11.7 Å². The Morgan fingerprint density at radius 2 is 2.00 bits per heavy atom. The van der Waals surface area contributed by atoms with Crippen LogP contribution in [-0.4, -0.2) is 21.0 Å². The van der Waals surface area contributed by atoms with Gasteiger partial charge in [0.2, 0.25) is 0 Å². The molecule has 1 aromatic heterocycles. The van der Waals surface area contributed by atoms with Gasteiger partial charge in [0.25, 0.3) is 5.69 Å². The third-order valence-corrected chi connectivity index (χ3v) is 2.97. The van der Waals surface area contributed by atoms with E-state index in [1.807, 2.05) is 0 Å². The van der Waals surface area contributed by atoms with E-state index in [0.717, 1.165) is 5.56 Å². The third kappa shape index (κ3) is 3.17. The molecule has 1 heterocycles. The first-order valence-electron chi connectivity index (χ1n) is 5.94. The summed E-state index contributed by atoms with van der Waals surface area (Å²) in [6, 6.07) is 9.13. The second-order valence-corrected chi connectivity index (χ2v) is 4.30. The zero-order valence-electron chi connectivity index (χ0n) is 10.5. The number of aliphatic carboxylic acids is 1. The Kier molecular flexibility index (Phi) is 4.05. The number of non-ortho nitro benzene ring substituents is 1. The summed E-state index contributed by atoms with van der Waals surface area (Å²) < 4.78 is 0. The van der Waals surface area contributed by atoms with Crippen molar-refractivity contribution in [1.29, 1.82) is 0 Å².